The molecule has 2 heterocycles. The van der Waals surface area contributed by atoms with E-state index in [0.29, 0.717) is 41.4 Å². The summed E-state index contributed by atoms with van der Waals surface area (Å²) in [6.07, 6.45) is 1.01. The number of aliphatic hydroxyl groups excluding tert-OH is 1. The number of carbonyl (C=O) groups excluding carboxylic acids is 1. The van der Waals surface area contributed by atoms with Crippen LogP contribution >= 0.6 is 11.6 Å². The van der Waals surface area contributed by atoms with Crippen LogP contribution in [0.1, 0.15) is 43.5 Å². The first-order valence-corrected chi connectivity index (χ1v) is 10.5. The second kappa shape index (κ2) is 8.43. The Labute approximate surface area is 184 Å². The average molecular weight is 447 g/mol. The molecule has 0 spiro atoms. The zero-order valence-electron chi connectivity index (χ0n) is 17.3. The number of aliphatic hydroxyl groups is 1. The van der Waals surface area contributed by atoms with Crippen molar-refractivity contribution in [3.05, 3.63) is 51.7 Å². The van der Waals surface area contributed by atoms with E-state index < -0.39 is 11.9 Å². The van der Waals surface area contributed by atoms with Crippen molar-refractivity contribution in [3.8, 4) is 5.75 Å². The predicted octanol–water partition coefficient (Wildman–Crippen LogP) is 3.34. The van der Waals surface area contributed by atoms with E-state index in [1.54, 1.807) is 6.92 Å². The molecule has 1 aromatic rings. The lowest BCUT2D eigenvalue weighted by molar-refractivity contribution is 0.0795. The molecule has 1 saturated heterocycles. The molecule has 3 N–H and O–H groups in total. The van der Waals surface area contributed by atoms with Gasteiger partial charge in [-0.05, 0) is 38.8 Å². The van der Waals surface area contributed by atoms with E-state index in [0.717, 1.165) is 5.70 Å². The lowest BCUT2D eigenvalue weighted by Gasteiger charge is -2.20. The Morgan fingerprint density at radius 2 is 2.13 bits per heavy atom. The third-order valence-electron chi connectivity index (χ3n) is 5.69. The van der Waals surface area contributed by atoms with E-state index in [9.17, 15) is 14.3 Å². The highest BCUT2D eigenvalue weighted by molar-refractivity contribution is 6.43. The van der Waals surface area contributed by atoms with Gasteiger partial charge in [0.1, 0.15) is 23.5 Å². The number of hydrogen-bond donors (Lipinski definition) is 3. The number of ether oxygens (including phenoxy) is 1. The average Bonchev–Trinajstić information content (AvgIpc) is 3.30. The standard InChI is InChI=1S/C22H24ClFN4O3/c1-11-20(23)12(2)27-21(26-11)17-9-28(10-18(17)25)22(30)16-6-3-13(24)7-19(16)31-15-5-4-14(29)8-15/h3,6-7,14-15,25-26,29H,4-5,8-10H2,1-2H3/b21-17+,25-18?/t14-,15-/m1/s1. The molecular formula is C22H24ClFN4O3. The van der Waals surface area contributed by atoms with Crippen molar-refractivity contribution >= 4 is 28.9 Å². The fourth-order valence-electron chi connectivity index (χ4n) is 4.03. The Kier molecular flexibility index (Phi) is 5.85. The van der Waals surface area contributed by atoms with Crippen LogP contribution < -0.4 is 10.1 Å². The maximum absolute atomic E-state index is 13.9. The van der Waals surface area contributed by atoms with E-state index in [1.165, 1.54) is 23.1 Å². The number of nitrogens with zero attached hydrogens (tertiary/aromatic N) is 2. The molecule has 1 aliphatic carbocycles. The summed E-state index contributed by atoms with van der Waals surface area (Å²) in [5.41, 5.74) is 2.51. The number of rotatable bonds is 3. The topological polar surface area (TPSA) is 98.0 Å². The molecule has 2 fully saturated rings. The SMILES string of the molecule is CC1=N/C(=C2\CN(C(=O)c3ccc(F)cc3O[C@@H]3CC[C@@H](O)C3)CC2=N)NC(C)=C1Cl. The number of benzene rings is 1. The van der Waals surface area contributed by atoms with Gasteiger partial charge in [-0.1, -0.05) is 11.6 Å². The first kappa shape index (κ1) is 21.5. The van der Waals surface area contributed by atoms with Crippen molar-refractivity contribution in [2.24, 2.45) is 4.99 Å². The monoisotopic (exact) mass is 446 g/mol. The van der Waals surface area contributed by atoms with Crippen molar-refractivity contribution < 1.29 is 19.0 Å². The summed E-state index contributed by atoms with van der Waals surface area (Å²) in [5.74, 6) is -0.185. The molecule has 2 aliphatic heterocycles. The zero-order chi connectivity index (χ0) is 22.3. The highest BCUT2D eigenvalue weighted by Gasteiger charge is 2.33. The molecule has 7 nitrogen and oxygen atoms in total. The van der Waals surface area contributed by atoms with Gasteiger partial charge in [0.2, 0.25) is 0 Å². The van der Waals surface area contributed by atoms with Gasteiger partial charge >= 0.3 is 0 Å². The number of nitrogens with one attached hydrogen (secondary N) is 2. The lowest BCUT2D eigenvalue weighted by Crippen LogP contribution is -2.30. The molecule has 0 unspecified atom stereocenters. The van der Waals surface area contributed by atoms with Crippen LogP contribution in [-0.4, -0.2) is 52.6 Å². The maximum atomic E-state index is 13.9. The normalized spacial score (nSPS) is 26.3. The van der Waals surface area contributed by atoms with Gasteiger partial charge in [0, 0.05) is 23.8 Å². The fourth-order valence-corrected chi connectivity index (χ4v) is 4.12. The number of carbonyl (C=O) groups is 1. The second-order valence-electron chi connectivity index (χ2n) is 8.08. The summed E-state index contributed by atoms with van der Waals surface area (Å²) in [6, 6.07) is 3.82. The Balaban J connectivity index is 1.57. The van der Waals surface area contributed by atoms with E-state index in [-0.39, 0.29) is 42.1 Å². The Morgan fingerprint density at radius 3 is 2.81 bits per heavy atom. The van der Waals surface area contributed by atoms with Crippen molar-refractivity contribution in [3.63, 3.8) is 0 Å². The van der Waals surface area contributed by atoms with Crippen molar-refractivity contribution in [1.29, 1.82) is 5.41 Å². The third kappa shape index (κ3) is 4.36. The number of aliphatic imine (C=N–C) groups is 1. The maximum Gasteiger partial charge on any atom is 0.258 e. The summed E-state index contributed by atoms with van der Waals surface area (Å²) in [5, 5.41) is 21.7. The van der Waals surface area contributed by atoms with E-state index in [4.69, 9.17) is 21.7 Å². The van der Waals surface area contributed by atoms with Gasteiger partial charge in [0.15, 0.2) is 0 Å². The number of allylic oxidation sites excluding steroid dienone is 2. The molecule has 1 amide bonds. The summed E-state index contributed by atoms with van der Waals surface area (Å²) < 4.78 is 19.8. The molecule has 1 aromatic carbocycles. The molecular weight excluding hydrogens is 423 g/mol. The quantitative estimate of drug-likeness (QED) is 0.663. The van der Waals surface area contributed by atoms with Gasteiger partial charge in [-0.25, -0.2) is 9.38 Å². The summed E-state index contributed by atoms with van der Waals surface area (Å²) >= 11 is 6.18. The van der Waals surface area contributed by atoms with E-state index in [1.807, 2.05) is 6.92 Å². The van der Waals surface area contributed by atoms with Gasteiger partial charge in [-0.15, -0.1) is 0 Å². The molecule has 0 radical (unpaired) electrons. The van der Waals surface area contributed by atoms with Crippen LogP contribution in [0.15, 0.2) is 45.3 Å². The first-order valence-electron chi connectivity index (χ1n) is 10.2. The molecule has 2 atom stereocenters. The number of halogens is 2. The summed E-state index contributed by atoms with van der Waals surface area (Å²) in [7, 11) is 0. The van der Waals surface area contributed by atoms with Crippen LogP contribution in [0.5, 0.6) is 5.75 Å². The van der Waals surface area contributed by atoms with Crippen molar-refractivity contribution in [2.45, 2.75) is 45.3 Å². The molecule has 0 aromatic heterocycles. The zero-order valence-corrected chi connectivity index (χ0v) is 18.1. The Hall–Kier alpha value is -2.71. The molecule has 164 valence electrons. The van der Waals surface area contributed by atoms with Crippen LogP contribution in [-0.2, 0) is 0 Å². The van der Waals surface area contributed by atoms with Gasteiger partial charge in [-0.3, -0.25) is 4.79 Å². The van der Waals surface area contributed by atoms with Crippen LogP contribution in [0.3, 0.4) is 0 Å². The second-order valence-corrected chi connectivity index (χ2v) is 8.45. The van der Waals surface area contributed by atoms with Gasteiger partial charge < -0.3 is 25.5 Å². The molecule has 4 rings (SSSR count). The predicted molar refractivity (Wildman–Crippen MR) is 116 cm³/mol. The molecule has 0 bridgehead atoms. The summed E-state index contributed by atoms with van der Waals surface area (Å²) in [6.45, 7) is 3.92. The van der Waals surface area contributed by atoms with E-state index in [2.05, 4.69) is 10.3 Å². The van der Waals surface area contributed by atoms with Crippen LogP contribution in [0.4, 0.5) is 4.39 Å². The van der Waals surface area contributed by atoms with Crippen LogP contribution in [0, 0.1) is 11.2 Å². The Bertz CT molecular complexity index is 1050. The smallest absolute Gasteiger partial charge is 0.258 e. The highest BCUT2D eigenvalue weighted by Crippen LogP contribution is 2.30. The molecule has 31 heavy (non-hydrogen) atoms. The number of amides is 1. The van der Waals surface area contributed by atoms with Crippen molar-refractivity contribution in [1.82, 2.24) is 10.2 Å². The van der Waals surface area contributed by atoms with Crippen LogP contribution in [0.25, 0.3) is 0 Å². The number of hydrogen-bond acceptors (Lipinski definition) is 6. The minimum Gasteiger partial charge on any atom is -0.489 e. The third-order valence-corrected chi connectivity index (χ3v) is 6.25. The lowest BCUT2D eigenvalue weighted by atomic mass is 10.1. The molecule has 3 aliphatic rings. The first-order chi connectivity index (χ1) is 14.7. The Morgan fingerprint density at radius 1 is 1.35 bits per heavy atom. The van der Waals surface area contributed by atoms with Crippen LogP contribution in [0.2, 0.25) is 0 Å². The highest BCUT2D eigenvalue weighted by atomic mass is 35.5. The summed E-state index contributed by atoms with van der Waals surface area (Å²) in [4.78, 5) is 19.2. The molecule has 1 saturated carbocycles. The van der Waals surface area contributed by atoms with Gasteiger partial charge in [0.05, 0.1) is 41.2 Å². The van der Waals surface area contributed by atoms with Gasteiger partial charge in [-0.2, -0.15) is 0 Å². The molecule has 9 heteroatoms. The van der Waals surface area contributed by atoms with Crippen molar-refractivity contribution in [2.75, 3.05) is 13.1 Å². The fraction of sp³-hybridized carbons (Fsp3) is 0.409. The minimum absolute atomic E-state index is 0.114. The largest absolute Gasteiger partial charge is 0.489 e. The minimum atomic E-state index is -0.502. The van der Waals surface area contributed by atoms with E-state index >= 15 is 0 Å². The van der Waals surface area contributed by atoms with Gasteiger partial charge in [0.25, 0.3) is 5.91 Å². The number of likely N-dealkylation sites (tertiary alicyclic amines) is 1.